The van der Waals surface area contributed by atoms with Gasteiger partial charge in [-0.3, -0.25) is 14.6 Å². The van der Waals surface area contributed by atoms with Crippen LogP contribution >= 0.6 is 0 Å². The van der Waals surface area contributed by atoms with Crippen LogP contribution in [-0.2, 0) is 13.1 Å². The largest absolute Gasteiger partial charge is 0.349 e. The normalized spacial score (nSPS) is 22.3. The van der Waals surface area contributed by atoms with Crippen LogP contribution in [0.2, 0.25) is 0 Å². The molecule has 1 saturated heterocycles. The van der Waals surface area contributed by atoms with Crippen molar-refractivity contribution in [2.75, 3.05) is 32.7 Å². The van der Waals surface area contributed by atoms with Crippen molar-refractivity contribution in [3.05, 3.63) is 17.7 Å². The average Bonchev–Trinajstić information content (AvgIpc) is 3.00. The Hall–Kier alpha value is -1.40. The maximum atomic E-state index is 12.4. The van der Waals surface area contributed by atoms with Gasteiger partial charge in [0, 0.05) is 38.4 Å². The van der Waals surface area contributed by atoms with Gasteiger partial charge in [0.15, 0.2) is 0 Å². The van der Waals surface area contributed by atoms with Crippen LogP contribution in [0.4, 0.5) is 0 Å². The fraction of sp³-hybridized carbons (Fsp3) is 0.778. The molecule has 1 amide bonds. The highest BCUT2D eigenvalue weighted by Crippen LogP contribution is 2.15. The number of piperidine rings is 1. The average molecular weight is 333 g/mol. The van der Waals surface area contributed by atoms with Crippen LogP contribution in [-0.4, -0.2) is 64.0 Å². The summed E-state index contributed by atoms with van der Waals surface area (Å²) >= 11 is 0. The first kappa shape index (κ1) is 17.4. The Balaban J connectivity index is 1.49. The summed E-state index contributed by atoms with van der Waals surface area (Å²) in [6.45, 7) is 11.2. The minimum Gasteiger partial charge on any atom is -0.349 e. The van der Waals surface area contributed by atoms with Gasteiger partial charge in [-0.25, -0.2) is 4.98 Å². The van der Waals surface area contributed by atoms with E-state index in [0.29, 0.717) is 18.3 Å². The van der Waals surface area contributed by atoms with Gasteiger partial charge in [0.2, 0.25) is 0 Å². The lowest BCUT2D eigenvalue weighted by Crippen LogP contribution is -2.42. The number of carbonyl (C=O) groups is 1. The molecule has 1 N–H and O–H groups in total. The monoisotopic (exact) mass is 333 g/mol. The standard InChI is InChI=1S/C18H31N5O/c1-3-8-21-11-12-23-13-16(20-17(23)14-21)18(24)19-7-10-22-9-5-4-6-15(22)2/h13,15H,3-12,14H2,1-2H3,(H,19,24). The second-order valence-electron chi connectivity index (χ2n) is 7.15. The first-order chi connectivity index (χ1) is 11.7. The summed E-state index contributed by atoms with van der Waals surface area (Å²) < 4.78 is 2.13. The lowest BCUT2D eigenvalue weighted by Gasteiger charge is -2.33. The van der Waals surface area contributed by atoms with Crippen molar-refractivity contribution in [2.24, 2.45) is 0 Å². The second-order valence-corrected chi connectivity index (χ2v) is 7.15. The summed E-state index contributed by atoms with van der Waals surface area (Å²) in [7, 11) is 0. The lowest BCUT2D eigenvalue weighted by molar-refractivity contribution is 0.0933. The number of hydrogen-bond donors (Lipinski definition) is 1. The Morgan fingerprint density at radius 3 is 2.96 bits per heavy atom. The summed E-state index contributed by atoms with van der Waals surface area (Å²) in [5.74, 6) is 0.980. The van der Waals surface area contributed by atoms with E-state index in [0.717, 1.165) is 51.5 Å². The molecule has 6 heteroatoms. The zero-order valence-electron chi connectivity index (χ0n) is 15.1. The zero-order chi connectivity index (χ0) is 16.9. The predicted octanol–water partition coefficient (Wildman–Crippen LogP) is 1.71. The van der Waals surface area contributed by atoms with E-state index in [9.17, 15) is 4.79 Å². The Morgan fingerprint density at radius 2 is 2.17 bits per heavy atom. The number of rotatable bonds is 6. The van der Waals surface area contributed by atoms with E-state index in [2.05, 4.69) is 38.5 Å². The number of nitrogens with zero attached hydrogens (tertiary/aromatic N) is 4. The van der Waals surface area contributed by atoms with E-state index < -0.39 is 0 Å². The molecule has 24 heavy (non-hydrogen) atoms. The summed E-state index contributed by atoms with van der Waals surface area (Å²) in [5.41, 5.74) is 0.565. The topological polar surface area (TPSA) is 53.4 Å². The summed E-state index contributed by atoms with van der Waals surface area (Å²) in [6, 6.07) is 0.639. The van der Waals surface area contributed by atoms with Crippen molar-refractivity contribution < 1.29 is 4.79 Å². The van der Waals surface area contributed by atoms with Gasteiger partial charge >= 0.3 is 0 Å². The Kier molecular flexibility index (Phi) is 5.89. The molecule has 0 radical (unpaired) electrons. The quantitative estimate of drug-likeness (QED) is 0.861. The van der Waals surface area contributed by atoms with E-state index in [1.165, 1.54) is 19.3 Å². The molecule has 134 valence electrons. The molecule has 0 aromatic carbocycles. The minimum absolute atomic E-state index is 0.0383. The van der Waals surface area contributed by atoms with Crippen LogP contribution in [0.5, 0.6) is 0 Å². The maximum absolute atomic E-state index is 12.4. The number of amides is 1. The molecule has 2 aliphatic rings. The molecule has 2 aliphatic heterocycles. The maximum Gasteiger partial charge on any atom is 0.271 e. The molecule has 1 fully saturated rings. The Morgan fingerprint density at radius 1 is 1.29 bits per heavy atom. The molecule has 0 saturated carbocycles. The highest BCUT2D eigenvalue weighted by atomic mass is 16.1. The van der Waals surface area contributed by atoms with Crippen LogP contribution < -0.4 is 5.32 Å². The number of hydrogen-bond acceptors (Lipinski definition) is 4. The highest BCUT2D eigenvalue weighted by Gasteiger charge is 2.21. The Labute approximate surface area is 145 Å². The van der Waals surface area contributed by atoms with Crippen molar-refractivity contribution in [1.29, 1.82) is 0 Å². The third kappa shape index (κ3) is 4.16. The van der Waals surface area contributed by atoms with Gasteiger partial charge in [-0.05, 0) is 39.3 Å². The van der Waals surface area contributed by atoms with E-state index in [1.807, 2.05) is 6.20 Å². The van der Waals surface area contributed by atoms with Gasteiger partial charge < -0.3 is 9.88 Å². The fourth-order valence-corrected chi connectivity index (χ4v) is 3.81. The first-order valence-electron chi connectivity index (χ1n) is 9.48. The number of imidazole rings is 1. The van der Waals surface area contributed by atoms with Crippen LogP contribution in [0, 0.1) is 0 Å². The number of carbonyl (C=O) groups excluding carboxylic acids is 1. The summed E-state index contributed by atoms with van der Waals surface area (Å²) in [4.78, 5) is 21.8. The second kappa shape index (κ2) is 8.12. The molecule has 1 aromatic rings. The van der Waals surface area contributed by atoms with Crippen molar-refractivity contribution in [3.8, 4) is 0 Å². The number of fused-ring (bicyclic) bond motifs is 1. The predicted molar refractivity (Wildman–Crippen MR) is 95.0 cm³/mol. The van der Waals surface area contributed by atoms with Crippen molar-refractivity contribution in [1.82, 2.24) is 24.7 Å². The van der Waals surface area contributed by atoms with E-state index in [4.69, 9.17) is 0 Å². The third-order valence-electron chi connectivity index (χ3n) is 5.28. The van der Waals surface area contributed by atoms with Crippen LogP contribution in [0.3, 0.4) is 0 Å². The molecule has 1 atom stereocenters. The molecule has 1 aromatic heterocycles. The third-order valence-corrected chi connectivity index (χ3v) is 5.28. The van der Waals surface area contributed by atoms with E-state index in [-0.39, 0.29) is 5.91 Å². The SMILES string of the molecule is CCCN1CCn2cc(C(=O)NCCN3CCCCC3C)nc2C1. The van der Waals surface area contributed by atoms with Crippen LogP contribution in [0.1, 0.15) is 55.8 Å². The zero-order valence-corrected chi connectivity index (χ0v) is 15.1. The van der Waals surface area contributed by atoms with Gasteiger partial charge in [-0.2, -0.15) is 0 Å². The molecule has 6 nitrogen and oxygen atoms in total. The molecule has 0 aliphatic carbocycles. The van der Waals surface area contributed by atoms with Crippen molar-refractivity contribution in [2.45, 2.75) is 58.7 Å². The lowest BCUT2D eigenvalue weighted by atomic mass is 10.0. The molecular weight excluding hydrogens is 302 g/mol. The van der Waals surface area contributed by atoms with Gasteiger partial charge in [0.1, 0.15) is 11.5 Å². The first-order valence-corrected chi connectivity index (χ1v) is 9.48. The molecule has 3 rings (SSSR count). The molecular formula is C18H31N5O. The summed E-state index contributed by atoms with van der Waals surface area (Å²) in [6.07, 6.45) is 6.95. The Bertz CT molecular complexity index is 556. The van der Waals surface area contributed by atoms with Gasteiger partial charge in [0.25, 0.3) is 5.91 Å². The number of likely N-dealkylation sites (tertiary alicyclic amines) is 1. The van der Waals surface area contributed by atoms with Crippen molar-refractivity contribution >= 4 is 5.91 Å². The van der Waals surface area contributed by atoms with Gasteiger partial charge in [0.05, 0.1) is 6.54 Å². The molecule has 1 unspecified atom stereocenters. The summed E-state index contributed by atoms with van der Waals surface area (Å²) in [5, 5.41) is 3.04. The number of nitrogens with one attached hydrogen (secondary N) is 1. The molecule has 0 spiro atoms. The fourth-order valence-electron chi connectivity index (χ4n) is 3.81. The highest BCUT2D eigenvalue weighted by molar-refractivity contribution is 5.92. The van der Waals surface area contributed by atoms with E-state index in [1.54, 1.807) is 0 Å². The number of aromatic nitrogens is 2. The van der Waals surface area contributed by atoms with E-state index >= 15 is 0 Å². The van der Waals surface area contributed by atoms with Crippen molar-refractivity contribution in [3.63, 3.8) is 0 Å². The van der Waals surface area contributed by atoms with Gasteiger partial charge in [-0.1, -0.05) is 13.3 Å². The van der Waals surface area contributed by atoms with Crippen LogP contribution in [0.25, 0.3) is 0 Å². The molecule has 3 heterocycles. The smallest absolute Gasteiger partial charge is 0.271 e. The van der Waals surface area contributed by atoms with Gasteiger partial charge in [-0.15, -0.1) is 0 Å². The minimum atomic E-state index is -0.0383. The van der Waals surface area contributed by atoms with Crippen LogP contribution in [0.15, 0.2) is 6.20 Å². The molecule has 0 bridgehead atoms.